The minimum atomic E-state index is 0.0396. The molecule has 98 valence electrons. The molecule has 1 amide bonds. The molecule has 0 aliphatic carbocycles. The molecule has 1 aliphatic rings. The maximum Gasteiger partial charge on any atom is 0.228 e. The van der Waals surface area contributed by atoms with Gasteiger partial charge in [0.05, 0.1) is 13.0 Å². The van der Waals surface area contributed by atoms with Crippen molar-refractivity contribution in [1.82, 2.24) is 5.16 Å². The Morgan fingerprint density at radius 3 is 3.05 bits per heavy atom. The fourth-order valence-corrected chi connectivity index (χ4v) is 2.18. The summed E-state index contributed by atoms with van der Waals surface area (Å²) in [5.74, 6) is 1.12. The van der Waals surface area contributed by atoms with Gasteiger partial charge in [-0.05, 0) is 23.8 Å². The lowest BCUT2D eigenvalue weighted by Gasteiger charge is -2.18. The van der Waals surface area contributed by atoms with Crippen molar-refractivity contribution in [2.45, 2.75) is 13.0 Å². The van der Waals surface area contributed by atoms with Crippen LogP contribution >= 0.6 is 0 Å². The predicted octanol–water partition coefficient (Wildman–Crippen LogP) is 1.39. The number of anilines is 3. The van der Waals surface area contributed by atoms with E-state index in [0.29, 0.717) is 24.5 Å². The Kier molecular flexibility index (Phi) is 2.63. The number of hydrogen-bond donors (Lipinski definition) is 2. The molecule has 2 aromatic rings. The van der Waals surface area contributed by atoms with Crippen LogP contribution in [0.25, 0.3) is 0 Å². The molecular formula is C13H14N4O2. The smallest absolute Gasteiger partial charge is 0.228 e. The van der Waals surface area contributed by atoms with E-state index >= 15 is 0 Å². The Morgan fingerprint density at radius 2 is 2.32 bits per heavy atom. The highest BCUT2D eigenvalue weighted by Crippen LogP contribution is 2.28. The highest BCUT2D eigenvalue weighted by Gasteiger charge is 2.18. The maximum atomic E-state index is 11.3. The summed E-state index contributed by atoms with van der Waals surface area (Å²) < 4.78 is 5.08. The van der Waals surface area contributed by atoms with Crippen LogP contribution in [0.2, 0.25) is 0 Å². The van der Waals surface area contributed by atoms with Crippen LogP contribution in [0, 0.1) is 0 Å². The number of amides is 1. The lowest BCUT2D eigenvalue weighted by molar-refractivity contribution is -0.115. The second-order valence-electron chi connectivity index (χ2n) is 4.64. The van der Waals surface area contributed by atoms with Gasteiger partial charge in [0.25, 0.3) is 0 Å². The van der Waals surface area contributed by atoms with Crippen molar-refractivity contribution in [3.63, 3.8) is 0 Å². The van der Waals surface area contributed by atoms with Gasteiger partial charge in [0.2, 0.25) is 5.91 Å². The Morgan fingerprint density at radius 1 is 1.47 bits per heavy atom. The highest BCUT2D eigenvalue weighted by atomic mass is 16.5. The zero-order valence-electron chi connectivity index (χ0n) is 10.5. The molecule has 19 heavy (non-hydrogen) atoms. The van der Waals surface area contributed by atoms with Gasteiger partial charge in [0, 0.05) is 24.5 Å². The number of benzene rings is 1. The van der Waals surface area contributed by atoms with Crippen LogP contribution in [0.15, 0.2) is 28.8 Å². The SMILES string of the molecule is CN(Cc1cc(N)no1)c1ccc2c(c1)CC(=O)N2. The van der Waals surface area contributed by atoms with Crippen LogP contribution in [0.5, 0.6) is 0 Å². The van der Waals surface area contributed by atoms with Crippen molar-refractivity contribution in [2.24, 2.45) is 0 Å². The van der Waals surface area contributed by atoms with Crippen LogP contribution in [0.3, 0.4) is 0 Å². The summed E-state index contributed by atoms with van der Waals surface area (Å²) in [4.78, 5) is 13.3. The molecule has 6 nitrogen and oxygen atoms in total. The number of nitrogens with one attached hydrogen (secondary N) is 1. The van der Waals surface area contributed by atoms with E-state index in [9.17, 15) is 4.79 Å². The Hall–Kier alpha value is -2.50. The minimum absolute atomic E-state index is 0.0396. The first kappa shape index (κ1) is 11.6. The van der Waals surface area contributed by atoms with E-state index in [1.165, 1.54) is 0 Å². The summed E-state index contributed by atoms with van der Waals surface area (Å²) in [7, 11) is 1.95. The van der Waals surface area contributed by atoms with Crippen molar-refractivity contribution < 1.29 is 9.32 Å². The van der Waals surface area contributed by atoms with E-state index in [1.54, 1.807) is 6.07 Å². The second kappa shape index (κ2) is 4.31. The molecule has 0 unspecified atom stereocenters. The molecule has 1 aromatic heterocycles. The largest absolute Gasteiger partial charge is 0.381 e. The van der Waals surface area contributed by atoms with Gasteiger partial charge in [-0.25, -0.2) is 0 Å². The van der Waals surface area contributed by atoms with Gasteiger partial charge >= 0.3 is 0 Å². The molecule has 0 fully saturated rings. The van der Waals surface area contributed by atoms with Crippen LogP contribution in [0.4, 0.5) is 17.2 Å². The Balaban J connectivity index is 1.79. The van der Waals surface area contributed by atoms with E-state index in [4.69, 9.17) is 10.3 Å². The highest BCUT2D eigenvalue weighted by molar-refractivity contribution is 5.99. The zero-order chi connectivity index (χ0) is 13.4. The number of nitrogens with two attached hydrogens (primary N) is 1. The van der Waals surface area contributed by atoms with E-state index in [2.05, 4.69) is 10.5 Å². The fraction of sp³-hybridized carbons (Fsp3) is 0.231. The van der Waals surface area contributed by atoms with Crippen LogP contribution in [-0.4, -0.2) is 18.1 Å². The standard InChI is InChI=1S/C13H14N4O2/c1-17(7-10-6-12(14)16-19-10)9-2-3-11-8(4-9)5-13(18)15-11/h2-4,6H,5,7H2,1H3,(H2,14,16)(H,15,18). The summed E-state index contributed by atoms with van der Waals surface area (Å²) in [6, 6.07) is 7.59. The lowest BCUT2D eigenvalue weighted by atomic mass is 10.1. The topological polar surface area (TPSA) is 84.4 Å². The lowest BCUT2D eigenvalue weighted by Crippen LogP contribution is -2.16. The molecule has 3 rings (SSSR count). The minimum Gasteiger partial charge on any atom is -0.381 e. The average Bonchev–Trinajstić information content (AvgIpc) is 2.93. The molecule has 0 spiro atoms. The molecule has 0 bridgehead atoms. The number of carbonyl (C=O) groups excluding carboxylic acids is 1. The van der Waals surface area contributed by atoms with Crippen LogP contribution in [0.1, 0.15) is 11.3 Å². The number of nitrogen functional groups attached to an aromatic ring is 1. The molecular weight excluding hydrogens is 244 g/mol. The third-order valence-electron chi connectivity index (χ3n) is 3.12. The van der Waals surface area contributed by atoms with Gasteiger partial charge in [-0.3, -0.25) is 4.79 Å². The number of rotatable bonds is 3. The van der Waals surface area contributed by atoms with Crippen LogP contribution < -0.4 is 16.0 Å². The summed E-state index contributed by atoms with van der Waals surface area (Å²) >= 11 is 0. The normalized spacial score (nSPS) is 13.2. The van der Waals surface area contributed by atoms with Gasteiger partial charge in [0.1, 0.15) is 0 Å². The molecule has 1 aromatic carbocycles. The molecule has 0 saturated carbocycles. The van der Waals surface area contributed by atoms with Gasteiger partial charge in [-0.15, -0.1) is 0 Å². The number of hydrogen-bond acceptors (Lipinski definition) is 5. The van der Waals surface area contributed by atoms with Crippen molar-refractivity contribution in [3.8, 4) is 0 Å². The number of carbonyl (C=O) groups is 1. The quantitative estimate of drug-likeness (QED) is 0.869. The van der Waals surface area contributed by atoms with E-state index < -0.39 is 0 Å². The fourth-order valence-electron chi connectivity index (χ4n) is 2.18. The monoisotopic (exact) mass is 258 g/mol. The molecule has 2 heterocycles. The average molecular weight is 258 g/mol. The Labute approximate surface area is 110 Å². The van der Waals surface area contributed by atoms with Crippen LogP contribution in [-0.2, 0) is 17.8 Å². The van der Waals surface area contributed by atoms with Gasteiger partial charge in [-0.1, -0.05) is 5.16 Å². The number of nitrogens with zero attached hydrogens (tertiary/aromatic N) is 2. The van der Waals surface area contributed by atoms with E-state index in [-0.39, 0.29) is 5.91 Å². The van der Waals surface area contributed by atoms with Crippen molar-refractivity contribution in [2.75, 3.05) is 23.0 Å². The zero-order valence-corrected chi connectivity index (χ0v) is 10.5. The second-order valence-corrected chi connectivity index (χ2v) is 4.64. The number of fused-ring (bicyclic) bond motifs is 1. The molecule has 0 saturated heterocycles. The first-order chi connectivity index (χ1) is 9.11. The summed E-state index contributed by atoms with van der Waals surface area (Å²) in [5.41, 5.74) is 8.45. The summed E-state index contributed by atoms with van der Waals surface area (Å²) in [5, 5.41) is 6.47. The molecule has 0 radical (unpaired) electrons. The molecule has 0 atom stereocenters. The molecule has 3 N–H and O–H groups in total. The van der Waals surface area contributed by atoms with Gasteiger partial charge in [0.15, 0.2) is 11.6 Å². The molecule has 1 aliphatic heterocycles. The molecule has 6 heteroatoms. The van der Waals surface area contributed by atoms with Crippen molar-refractivity contribution in [3.05, 3.63) is 35.6 Å². The predicted molar refractivity (Wildman–Crippen MR) is 71.8 cm³/mol. The van der Waals surface area contributed by atoms with Crippen molar-refractivity contribution >= 4 is 23.1 Å². The summed E-state index contributed by atoms with van der Waals surface area (Å²) in [6.07, 6.45) is 0.437. The first-order valence-corrected chi connectivity index (χ1v) is 5.97. The van der Waals surface area contributed by atoms with E-state index in [1.807, 2.05) is 30.1 Å². The van der Waals surface area contributed by atoms with E-state index in [0.717, 1.165) is 16.9 Å². The maximum absolute atomic E-state index is 11.3. The Bertz CT molecular complexity index is 635. The third kappa shape index (κ3) is 2.24. The van der Waals surface area contributed by atoms with Gasteiger partial charge in [-0.2, -0.15) is 0 Å². The summed E-state index contributed by atoms with van der Waals surface area (Å²) in [6.45, 7) is 0.574. The number of aromatic nitrogens is 1. The first-order valence-electron chi connectivity index (χ1n) is 5.97. The third-order valence-corrected chi connectivity index (χ3v) is 3.12. The van der Waals surface area contributed by atoms with Crippen molar-refractivity contribution in [1.29, 1.82) is 0 Å². The van der Waals surface area contributed by atoms with Gasteiger partial charge < -0.3 is 20.5 Å².